The first kappa shape index (κ1) is 11.0. The first-order valence-corrected chi connectivity index (χ1v) is 6.84. The average molecular weight is 231 g/mol. The number of nitrogens with one attached hydrogen (secondary N) is 1. The van der Waals surface area contributed by atoms with E-state index in [1.165, 1.54) is 43.4 Å². The molecule has 0 spiro atoms. The lowest BCUT2D eigenvalue weighted by molar-refractivity contribution is 0.403. The Morgan fingerprint density at radius 1 is 1.12 bits per heavy atom. The smallest absolute Gasteiger partial charge is 0.126 e. The third-order valence-electron chi connectivity index (χ3n) is 4.08. The Morgan fingerprint density at radius 2 is 2.00 bits per heavy atom. The van der Waals surface area contributed by atoms with Gasteiger partial charge in [0.1, 0.15) is 5.82 Å². The lowest BCUT2D eigenvalue weighted by atomic mass is 9.91. The van der Waals surface area contributed by atoms with Gasteiger partial charge in [0.25, 0.3) is 0 Å². The van der Waals surface area contributed by atoms with Crippen LogP contribution in [0.2, 0.25) is 0 Å². The highest BCUT2D eigenvalue weighted by atomic mass is 15.0. The van der Waals surface area contributed by atoms with Crippen molar-refractivity contribution < 1.29 is 0 Å². The van der Waals surface area contributed by atoms with Crippen LogP contribution in [0.4, 0.5) is 5.82 Å². The van der Waals surface area contributed by atoms with Crippen molar-refractivity contribution in [3.05, 3.63) is 23.4 Å². The van der Waals surface area contributed by atoms with Gasteiger partial charge in [-0.1, -0.05) is 18.9 Å². The van der Waals surface area contributed by atoms with Gasteiger partial charge in [-0.05, 0) is 43.7 Å². The number of aromatic nitrogens is 1. The fourth-order valence-corrected chi connectivity index (χ4v) is 3.03. The molecule has 0 aromatic carbocycles. The molecule has 3 rings (SSSR count). The molecule has 3 nitrogen and oxygen atoms in total. The Bertz CT molecular complexity index is 402. The first-order valence-electron chi connectivity index (χ1n) is 6.84. The van der Waals surface area contributed by atoms with Crippen molar-refractivity contribution in [3.8, 4) is 0 Å². The third-order valence-corrected chi connectivity index (χ3v) is 4.08. The molecule has 2 aliphatic carbocycles. The van der Waals surface area contributed by atoms with Gasteiger partial charge in [-0.3, -0.25) is 0 Å². The van der Waals surface area contributed by atoms with Crippen molar-refractivity contribution in [1.29, 1.82) is 0 Å². The fraction of sp³-hybridized carbons (Fsp3) is 0.643. The molecule has 92 valence electrons. The normalized spacial score (nSPS) is 27.8. The highest BCUT2D eigenvalue weighted by Gasteiger charge is 2.22. The van der Waals surface area contributed by atoms with Crippen LogP contribution in [0.5, 0.6) is 0 Å². The van der Waals surface area contributed by atoms with Crippen LogP contribution in [0, 0.1) is 0 Å². The van der Waals surface area contributed by atoms with Gasteiger partial charge in [0, 0.05) is 17.8 Å². The number of nitrogens with two attached hydrogens (primary N) is 1. The number of nitrogens with zero attached hydrogens (tertiary/aromatic N) is 1. The summed E-state index contributed by atoms with van der Waals surface area (Å²) in [6.45, 7) is 0. The van der Waals surface area contributed by atoms with E-state index in [1.54, 1.807) is 0 Å². The predicted octanol–water partition coefficient (Wildman–Crippen LogP) is 2.25. The van der Waals surface area contributed by atoms with E-state index in [0.29, 0.717) is 12.1 Å². The molecule has 2 aliphatic rings. The lowest BCUT2D eigenvalue weighted by Crippen LogP contribution is -2.42. The molecule has 0 bridgehead atoms. The summed E-state index contributed by atoms with van der Waals surface area (Å²) in [4.78, 5) is 4.72. The minimum absolute atomic E-state index is 0.291. The summed E-state index contributed by atoms with van der Waals surface area (Å²) in [5, 5.41) is 3.52. The van der Waals surface area contributed by atoms with Crippen molar-refractivity contribution >= 4 is 5.82 Å². The van der Waals surface area contributed by atoms with Crippen LogP contribution in [0.1, 0.15) is 43.4 Å². The minimum Gasteiger partial charge on any atom is -0.366 e. The van der Waals surface area contributed by atoms with Crippen LogP contribution >= 0.6 is 0 Å². The zero-order chi connectivity index (χ0) is 11.7. The third kappa shape index (κ3) is 2.29. The standard InChI is InChI=1S/C14H21N3/c15-11-5-1-2-6-13(11)17-14-9-8-10-4-3-7-12(10)16-14/h8-9,11,13H,1-7,15H2,(H,16,17). The number of hydrogen-bond donors (Lipinski definition) is 2. The molecule has 17 heavy (non-hydrogen) atoms. The molecule has 0 radical (unpaired) electrons. The Labute approximate surface area is 103 Å². The van der Waals surface area contributed by atoms with E-state index in [1.807, 2.05) is 0 Å². The summed E-state index contributed by atoms with van der Waals surface area (Å²) in [5.74, 6) is 1.02. The van der Waals surface area contributed by atoms with Crippen LogP contribution in [0.15, 0.2) is 12.1 Å². The summed E-state index contributed by atoms with van der Waals surface area (Å²) in [7, 11) is 0. The zero-order valence-electron chi connectivity index (χ0n) is 10.3. The van der Waals surface area contributed by atoms with Crippen LogP contribution in [0.25, 0.3) is 0 Å². The molecule has 2 unspecified atom stereocenters. The molecule has 1 fully saturated rings. The number of pyridine rings is 1. The molecule has 0 saturated heterocycles. The number of rotatable bonds is 2. The SMILES string of the molecule is NC1CCCCC1Nc1ccc2c(n1)CCC2. The molecule has 1 aromatic heterocycles. The van der Waals surface area contributed by atoms with E-state index in [0.717, 1.165) is 18.7 Å². The Balaban J connectivity index is 1.72. The van der Waals surface area contributed by atoms with Gasteiger partial charge in [-0.25, -0.2) is 4.98 Å². The highest BCUT2D eigenvalue weighted by molar-refractivity contribution is 5.41. The summed E-state index contributed by atoms with van der Waals surface area (Å²) < 4.78 is 0. The van der Waals surface area contributed by atoms with Crippen LogP contribution in [-0.4, -0.2) is 17.1 Å². The second-order valence-electron chi connectivity index (χ2n) is 5.36. The van der Waals surface area contributed by atoms with Gasteiger partial charge in [0.05, 0.1) is 0 Å². The van der Waals surface area contributed by atoms with Crippen LogP contribution < -0.4 is 11.1 Å². The second kappa shape index (κ2) is 4.65. The largest absolute Gasteiger partial charge is 0.366 e. The molecule has 1 aromatic rings. The molecular weight excluding hydrogens is 210 g/mol. The van der Waals surface area contributed by atoms with Crippen LogP contribution in [-0.2, 0) is 12.8 Å². The fourth-order valence-electron chi connectivity index (χ4n) is 3.03. The quantitative estimate of drug-likeness (QED) is 0.821. The predicted molar refractivity (Wildman–Crippen MR) is 70.1 cm³/mol. The van der Waals surface area contributed by atoms with E-state index in [9.17, 15) is 0 Å². The average Bonchev–Trinajstić information content (AvgIpc) is 2.79. The van der Waals surface area contributed by atoms with Crippen LogP contribution in [0.3, 0.4) is 0 Å². The number of aryl methyl sites for hydroxylation is 2. The van der Waals surface area contributed by atoms with Crippen molar-refractivity contribution in [2.24, 2.45) is 5.73 Å². The molecule has 2 atom stereocenters. The summed E-state index contributed by atoms with van der Waals surface area (Å²) in [5.41, 5.74) is 8.87. The van der Waals surface area contributed by atoms with E-state index in [2.05, 4.69) is 17.4 Å². The molecule has 1 heterocycles. The van der Waals surface area contributed by atoms with E-state index < -0.39 is 0 Å². The first-order chi connectivity index (χ1) is 8.33. The topological polar surface area (TPSA) is 50.9 Å². The number of anilines is 1. The maximum absolute atomic E-state index is 6.15. The Hall–Kier alpha value is -1.09. The maximum Gasteiger partial charge on any atom is 0.126 e. The van der Waals surface area contributed by atoms with Gasteiger partial charge < -0.3 is 11.1 Å². The van der Waals surface area contributed by atoms with Crippen molar-refractivity contribution in [3.63, 3.8) is 0 Å². The number of hydrogen-bond acceptors (Lipinski definition) is 3. The van der Waals surface area contributed by atoms with Gasteiger partial charge >= 0.3 is 0 Å². The molecule has 3 N–H and O–H groups in total. The molecular formula is C14H21N3. The highest BCUT2D eigenvalue weighted by Crippen LogP contribution is 2.24. The molecule has 0 amide bonds. The van der Waals surface area contributed by atoms with Crippen molar-refractivity contribution in [2.75, 3.05) is 5.32 Å². The summed E-state index contributed by atoms with van der Waals surface area (Å²) in [6, 6.07) is 5.05. The van der Waals surface area contributed by atoms with Gasteiger partial charge in [-0.2, -0.15) is 0 Å². The Kier molecular flexibility index (Phi) is 3.02. The lowest BCUT2D eigenvalue weighted by Gasteiger charge is -2.29. The minimum atomic E-state index is 0.291. The maximum atomic E-state index is 6.15. The molecule has 1 saturated carbocycles. The molecule has 0 aliphatic heterocycles. The van der Waals surface area contributed by atoms with Gasteiger partial charge in [0.15, 0.2) is 0 Å². The van der Waals surface area contributed by atoms with Gasteiger partial charge in [0.2, 0.25) is 0 Å². The summed E-state index contributed by atoms with van der Waals surface area (Å²) in [6.07, 6.45) is 8.48. The van der Waals surface area contributed by atoms with E-state index >= 15 is 0 Å². The second-order valence-corrected chi connectivity index (χ2v) is 5.36. The van der Waals surface area contributed by atoms with Gasteiger partial charge in [-0.15, -0.1) is 0 Å². The molecule has 3 heteroatoms. The number of fused-ring (bicyclic) bond motifs is 1. The van der Waals surface area contributed by atoms with Crippen molar-refractivity contribution in [2.45, 2.75) is 57.0 Å². The monoisotopic (exact) mass is 231 g/mol. The van der Waals surface area contributed by atoms with E-state index in [4.69, 9.17) is 10.7 Å². The summed E-state index contributed by atoms with van der Waals surface area (Å²) >= 11 is 0. The zero-order valence-corrected chi connectivity index (χ0v) is 10.3. The van der Waals surface area contributed by atoms with E-state index in [-0.39, 0.29) is 0 Å². The Morgan fingerprint density at radius 3 is 2.88 bits per heavy atom. The van der Waals surface area contributed by atoms with Crippen molar-refractivity contribution in [1.82, 2.24) is 4.98 Å².